The molecule has 0 amide bonds. The Balaban J connectivity index is 2.66. The summed E-state index contributed by atoms with van der Waals surface area (Å²) >= 11 is 0. The maximum Gasteiger partial charge on any atom is 0.169 e. The molecule has 1 aromatic rings. The first-order chi connectivity index (χ1) is 8.44. The fourth-order valence-electron chi connectivity index (χ4n) is 1.15. The van der Waals surface area contributed by atoms with Gasteiger partial charge in [0.2, 0.25) is 0 Å². The predicted octanol–water partition coefficient (Wildman–Crippen LogP) is 0.832. The van der Waals surface area contributed by atoms with Crippen LogP contribution >= 0.6 is 0 Å². The SMILES string of the molecule is COCCNc1ncnc(NNC(C)(C)C)c1N. The summed E-state index contributed by atoms with van der Waals surface area (Å²) in [6.07, 6.45) is 1.46. The minimum Gasteiger partial charge on any atom is -0.393 e. The summed E-state index contributed by atoms with van der Waals surface area (Å²) in [4.78, 5) is 8.17. The molecule has 0 saturated heterocycles. The van der Waals surface area contributed by atoms with Crippen molar-refractivity contribution >= 4 is 17.3 Å². The van der Waals surface area contributed by atoms with Gasteiger partial charge in [-0.1, -0.05) is 0 Å². The van der Waals surface area contributed by atoms with E-state index < -0.39 is 0 Å². The Morgan fingerprint density at radius 1 is 1.28 bits per heavy atom. The smallest absolute Gasteiger partial charge is 0.169 e. The van der Waals surface area contributed by atoms with Crippen molar-refractivity contribution < 1.29 is 4.74 Å². The van der Waals surface area contributed by atoms with Crippen LogP contribution in [0.3, 0.4) is 0 Å². The van der Waals surface area contributed by atoms with Gasteiger partial charge in [0.25, 0.3) is 0 Å². The van der Waals surface area contributed by atoms with Gasteiger partial charge >= 0.3 is 0 Å². The Morgan fingerprint density at radius 2 is 1.94 bits per heavy atom. The van der Waals surface area contributed by atoms with Crippen LogP contribution in [0.25, 0.3) is 0 Å². The molecule has 18 heavy (non-hydrogen) atoms. The monoisotopic (exact) mass is 254 g/mol. The average Bonchev–Trinajstić information content (AvgIpc) is 2.29. The number of anilines is 3. The molecule has 0 aromatic carbocycles. The Kier molecular flexibility index (Phi) is 5.11. The summed E-state index contributed by atoms with van der Waals surface area (Å²) in [5.74, 6) is 1.15. The van der Waals surface area contributed by atoms with E-state index in [0.717, 1.165) is 0 Å². The van der Waals surface area contributed by atoms with Crippen LogP contribution in [0, 0.1) is 0 Å². The Bertz CT molecular complexity index is 376. The summed E-state index contributed by atoms with van der Waals surface area (Å²) in [5.41, 5.74) is 12.4. The van der Waals surface area contributed by atoms with E-state index in [0.29, 0.717) is 30.5 Å². The van der Waals surface area contributed by atoms with Gasteiger partial charge in [0.15, 0.2) is 11.6 Å². The van der Waals surface area contributed by atoms with Crippen molar-refractivity contribution in [3.8, 4) is 0 Å². The third kappa shape index (κ3) is 4.72. The van der Waals surface area contributed by atoms with Crippen LogP contribution in [-0.2, 0) is 4.74 Å². The van der Waals surface area contributed by atoms with Crippen molar-refractivity contribution in [3.63, 3.8) is 0 Å². The van der Waals surface area contributed by atoms with E-state index in [1.54, 1.807) is 7.11 Å². The van der Waals surface area contributed by atoms with Crippen LogP contribution in [0.15, 0.2) is 6.33 Å². The van der Waals surface area contributed by atoms with E-state index in [1.807, 2.05) is 20.8 Å². The van der Waals surface area contributed by atoms with Gasteiger partial charge in [-0.3, -0.25) is 0 Å². The number of nitrogens with one attached hydrogen (secondary N) is 3. The van der Waals surface area contributed by atoms with E-state index in [9.17, 15) is 0 Å². The highest BCUT2D eigenvalue weighted by atomic mass is 16.5. The van der Waals surface area contributed by atoms with Crippen LogP contribution in [0.4, 0.5) is 17.3 Å². The number of hydrogen-bond donors (Lipinski definition) is 4. The zero-order valence-electron chi connectivity index (χ0n) is 11.4. The molecule has 0 unspecified atom stereocenters. The largest absolute Gasteiger partial charge is 0.393 e. The third-order valence-corrected chi connectivity index (χ3v) is 2.04. The summed E-state index contributed by atoms with van der Waals surface area (Å²) < 4.78 is 4.95. The zero-order chi connectivity index (χ0) is 13.6. The van der Waals surface area contributed by atoms with Crippen molar-refractivity contribution in [3.05, 3.63) is 6.33 Å². The van der Waals surface area contributed by atoms with Crippen molar-refractivity contribution in [2.45, 2.75) is 26.3 Å². The van der Waals surface area contributed by atoms with E-state index in [4.69, 9.17) is 10.5 Å². The molecule has 0 radical (unpaired) electrons. The summed E-state index contributed by atoms with van der Waals surface area (Å²) in [5, 5.41) is 3.08. The van der Waals surface area contributed by atoms with Gasteiger partial charge in [0, 0.05) is 19.2 Å². The van der Waals surface area contributed by atoms with E-state index in [2.05, 4.69) is 26.1 Å². The normalized spacial score (nSPS) is 11.3. The number of nitrogens with zero attached hydrogens (tertiary/aromatic N) is 2. The van der Waals surface area contributed by atoms with Crippen molar-refractivity contribution in [2.24, 2.45) is 0 Å². The molecular formula is C11H22N6O. The molecule has 5 N–H and O–H groups in total. The maximum absolute atomic E-state index is 5.96. The number of methoxy groups -OCH3 is 1. The molecule has 0 aliphatic carbocycles. The molecule has 7 heteroatoms. The number of nitrogens with two attached hydrogens (primary N) is 1. The molecule has 0 aliphatic heterocycles. The molecule has 0 bridgehead atoms. The second-order valence-electron chi connectivity index (χ2n) is 4.90. The fourth-order valence-corrected chi connectivity index (χ4v) is 1.15. The van der Waals surface area contributed by atoms with Gasteiger partial charge in [0.1, 0.15) is 12.0 Å². The Morgan fingerprint density at radius 3 is 2.56 bits per heavy atom. The maximum atomic E-state index is 5.96. The number of rotatable bonds is 6. The summed E-state index contributed by atoms with van der Waals surface area (Å²) in [6, 6.07) is 0. The first-order valence-electron chi connectivity index (χ1n) is 5.80. The summed E-state index contributed by atoms with van der Waals surface area (Å²) in [7, 11) is 1.64. The van der Waals surface area contributed by atoms with Gasteiger partial charge in [-0.15, -0.1) is 0 Å². The number of nitrogen functional groups attached to an aromatic ring is 1. The van der Waals surface area contributed by atoms with E-state index >= 15 is 0 Å². The Hall–Kier alpha value is -1.60. The first-order valence-corrected chi connectivity index (χ1v) is 5.80. The van der Waals surface area contributed by atoms with Gasteiger partial charge in [-0.25, -0.2) is 15.4 Å². The topological polar surface area (TPSA) is 97.1 Å². The van der Waals surface area contributed by atoms with Crippen LogP contribution in [0.1, 0.15) is 20.8 Å². The molecule has 0 aliphatic rings. The van der Waals surface area contributed by atoms with Crippen LogP contribution in [0.2, 0.25) is 0 Å². The lowest BCUT2D eigenvalue weighted by Gasteiger charge is -2.22. The molecule has 0 saturated carbocycles. The van der Waals surface area contributed by atoms with E-state index in [-0.39, 0.29) is 5.54 Å². The molecule has 102 valence electrons. The van der Waals surface area contributed by atoms with Gasteiger partial charge < -0.3 is 21.2 Å². The zero-order valence-corrected chi connectivity index (χ0v) is 11.4. The molecule has 1 aromatic heterocycles. The average molecular weight is 254 g/mol. The van der Waals surface area contributed by atoms with Crippen LogP contribution < -0.4 is 21.9 Å². The highest BCUT2D eigenvalue weighted by molar-refractivity contribution is 5.73. The third-order valence-electron chi connectivity index (χ3n) is 2.04. The molecule has 1 rings (SSSR count). The fraction of sp³-hybridized carbons (Fsp3) is 0.636. The lowest BCUT2D eigenvalue weighted by molar-refractivity contribution is 0.210. The highest BCUT2D eigenvalue weighted by Crippen LogP contribution is 2.21. The second-order valence-corrected chi connectivity index (χ2v) is 4.90. The quantitative estimate of drug-likeness (QED) is 0.441. The number of aromatic nitrogens is 2. The van der Waals surface area contributed by atoms with Crippen molar-refractivity contribution in [1.29, 1.82) is 0 Å². The van der Waals surface area contributed by atoms with Crippen molar-refractivity contribution in [2.75, 3.05) is 36.7 Å². The molecule has 0 fully saturated rings. The van der Waals surface area contributed by atoms with Gasteiger partial charge in [-0.2, -0.15) is 0 Å². The molecule has 1 heterocycles. The van der Waals surface area contributed by atoms with Gasteiger partial charge in [0.05, 0.1) is 6.61 Å². The standard InChI is InChI=1S/C11H22N6O/c1-11(2,3)17-16-10-8(12)9(14-7-15-10)13-5-6-18-4/h7,17H,5-6,12H2,1-4H3,(H2,13,14,15,16). The lowest BCUT2D eigenvalue weighted by Crippen LogP contribution is -2.40. The Labute approximate surface area is 107 Å². The minimum absolute atomic E-state index is 0.0823. The first kappa shape index (κ1) is 14.5. The van der Waals surface area contributed by atoms with E-state index in [1.165, 1.54) is 6.33 Å². The van der Waals surface area contributed by atoms with Crippen LogP contribution in [0.5, 0.6) is 0 Å². The molecule has 0 atom stereocenters. The second kappa shape index (κ2) is 6.36. The summed E-state index contributed by atoms with van der Waals surface area (Å²) in [6.45, 7) is 7.34. The minimum atomic E-state index is -0.0823. The molecular weight excluding hydrogens is 232 g/mol. The van der Waals surface area contributed by atoms with Crippen molar-refractivity contribution in [1.82, 2.24) is 15.4 Å². The number of hydrogen-bond acceptors (Lipinski definition) is 7. The van der Waals surface area contributed by atoms with Crippen LogP contribution in [-0.4, -0.2) is 35.8 Å². The molecule has 7 nitrogen and oxygen atoms in total. The molecule has 0 spiro atoms. The predicted molar refractivity (Wildman–Crippen MR) is 73.3 cm³/mol. The number of ether oxygens (including phenoxy) is 1. The lowest BCUT2D eigenvalue weighted by atomic mass is 10.1. The highest BCUT2D eigenvalue weighted by Gasteiger charge is 2.12. The van der Waals surface area contributed by atoms with Gasteiger partial charge in [-0.05, 0) is 20.8 Å². The number of hydrazine groups is 1.